The highest BCUT2D eigenvalue weighted by molar-refractivity contribution is 5.50. The van der Waals surface area contributed by atoms with E-state index in [2.05, 4.69) is 46.5 Å². The lowest BCUT2D eigenvalue weighted by Crippen LogP contribution is -2.38. The number of hydrogen-bond donors (Lipinski definition) is 1. The largest absolute Gasteiger partial charge is 0.378 e. The van der Waals surface area contributed by atoms with Crippen LogP contribution in [0.4, 0.5) is 5.82 Å². The van der Waals surface area contributed by atoms with Crippen molar-refractivity contribution < 1.29 is 4.74 Å². The van der Waals surface area contributed by atoms with Crippen LogP contribution < -0.4 is 10.2 Å². The molecule has 0 radical (unpaired) electrons. The van der Waals surface area contributed by atoms with Gasteiger partial charge in [0.15, 0.2) is 0 Å². The van der Waals surface area contributed by atoms with Crippen LogP contribution in [0.25, 0.3) is 0 Å². The molecule has 1 aromatic heterocycles. The van der Waals surface area contributed by atoms with Crippen molar-refractivity contribution in [3.8, 4) is 0 Å². The van der Waals surface area contributed by atoms with E-state index < -0.39 is 0 Å². The van der Waals surface area contributed by atoms with Gasteiger partial charge in [0, 0.05) is 38.3 Å². The van der Waals surface area contributed by atoms with Gasteiger partial charge in [0.05, 0.1) is 18.9 Å². The Morgan fingerprint density at radius 2 is 2.04 bits per heavy atom. The molecule has 1 saturated heterocycles. The second-order valence-electron chi connectivity index (χ2n) is 6.78. The highest BCUT2D eigenvalue weighted by Crippen LogP contribution is 2.32. The maximum absolute atomic E-state index is 5.50. The third-order valence-electron chi connectivity index (χ3n) is 5.28. The standard InChI is InChI=1S/C19H26N4O/c1-14-17(19(22(2)21-14)23-9-11-24-12-10-23)13-20-18-8-7-15-5-3-4-6-16(15)18/h3-6,18,20H,7-13H2,1-2H3/t18-/m0/s1. The second kappa shape index (κ2) is 6.57. The van der Waals surface area contributed by atoms with Gasteiger partial charge in [-0.15, -0.1) is 0 Å². The van der Waals surface area contributed by atoms with E-state index in [0.717, 1.165) is 38.5 Å². The highest BCUT2D eigenvalue weighted by atomic mass is 16.5. The summed E-state index contributed by atoms with van der Waals surface area (Å²) in [4.78, 5) is 2.41. The first-order valence-corrected chi connectivity index (χ1v) is 8.90. The van der Waals surface area contributed by atoms with Crippen LogP contribution in [0.1, 0.15) is 34.8 Å². The van der Waals surface area contributed by atoms with Crippen LogP contribution in [0.15, 0.2) is 24.3 Å². The number of rotatable bonds is 4. The van der Waals surface area contributed by atoms with E-state index in [0.29, 0.717) is 6.04 Å². The SMILES string of the molecule is Cc1nn(C)c(N2CCOCC2)c1CN[C@H]1CCc2ccccc21. The zero-order chi connectivity index (χ0) is 16.5. The average molecular weight is 326 g/mol. The smallest absolute Gasteiger partial charge is 0.131 e. The summed E-state index contributed by atoms with van der Waals surface area (Å²) in [7, 11) is 2.05. The number of ether oxygens (including phenoxy) is 1. The Labute approximate surface area is 143 Å². The second-order valence-corrected chi connectivity index (χ2v) is 6.78. The van der Waals surface area contributed by atoms with Crippen molar-refractivity contribution in [1.82, 2.24) is 15.1 Å². The minimum atomic E-state index is 0.457. The molecule has 2 aliphatic rings. The summed E-state index contributed by atoms with van der Waals surface area (Å²) in [5, 5.41) is 8.45. The summed E-state index contributed by atoms with van der Waals surface area (Å²) in [6.45, 7) is 6.46. The van der Waals surface area contributed by atoms with Gasteiger partial charge >= 0.3 is 0 Å². The van der Waals surface area contributed by atoms with Gasteiger partial charge in [-0.1, -0.05) is 24.3 Å². The molecule has 2 aromatic rings. The Morgan fingerprint density at radius 1 is 1.25 bits per heavy atom. The van der Waals surface area contributed by atoms with Gasteiger partial charge in [0.25, 0.3) is 0 Å². The summed E-state index contributed by atoms with van der Waals surface area (Å²) in [6, 6.07) is 9.26. The number of nitrogens with zero attached hydrogens (tertiary/aromatic N) is 3. The molecular weight excluding hydrogens is 300 g/mol. The number of nitrogens with one attached hydrogen (secondary N) is 1. The fourth-order valence-electron chi connectivity index (χ4n) is 4.06. The topological polar surface area (TPSA) is 42.3 Å². The molecule has 5 heteroatoms. The lowest BCUT2D eigenvalue weighted by molar-refractivity contribution is 0.122. The Bertz CT molecular complexity index is 718. The third kappa shape index (κ3) is 2.82. The van der Waals surface area contributed by atoms with E-state index in [1.807, 2.05) is 11.7 Å². The van der Waals surface area contributed by atoms with E-state index in [1.54, 1.807) is 0 Å². The quantitative estimate of drug-likeness (QED) is 0.936. The van der Waals surface area contributed by atoms with Crippen molar-refractivity contribution in [1.29, 1.82) is 0 Å². The molecule has 128 valence electrons. The van der Waals surface area contributed by atoms with E-state index in [-0.39, 0.29) is 0 Å². The summed E-state index contributed by atoms with van der Waals surface area (Å²) in [6.07, 6.45) is 2.36. The average Bonchev–Trinajstić information content (AvgIpc) is 3.14. The maximum atomic E-state index is 5.50. The molecule has 1 aliphatic carbocycles. The monoisotopic (exact) mass is 326 g/mol. The van der Waals surface area contributed by atoms with Crippen molar-refractivity contribution in [2.24, 2.45) is 7.05 Å². The van der Waals surface area contributed by atoms with E-state index in [4.69, 9.17) is 4.74 Å². The maximum Gasteiger partial charge on any atom is 0.131 e. The highest BCUT2D eigenvalue weighted by Gasteiger charge is 2.24. The Kier molecular flexibility index (Phi) is 4.29. The number of anilines is 1. The Morgan fingerprint density at radius 3 is 2.88 bits per heavy atom. The molecule has 4 rings (SSSR count). The van der Waals surface area contributed by atoms with Gasteiger partial charge in [0.1, 0.15) is 5.82 Å². The number of morpholine rings is 1. The minimum Gasteiger partial charge on any atom is -0.378 e. The molecule has 5 nitrogen and oxygen atoms in total. The van der Waals surface area contributed by atoms with Crippen LogP contribution >= 0.6 is 0 Å². The Hall–Kier alpha value is -1.85. The molecular formula is C19H26N4O. The molecule has 1 N–H and O–H groups in total. The van der Waals surface area contributed by atoms with Gasteiger partial charge in [-0.3, -0.25) is 4.68 Å². The molecule has 1 aromatic carbocycles. The number of aryl methyl sites for hydroxylation is 3. The van der Waals surface area contributed by atoms with E-state index in [1.165, 1.54) is 35.3 Å². The first-order chi connectivity index (χ1) is 11.7. The predicted molar refractivity (Wildman–Crippen MR) is 95.3 cm³/mol. The molecule has 1 atom stereocenters. The fraction of sp³-hybridized carbons (Fsp3) is 0.526. The van der Waals surface area contributed by atoms with Crippen LogP contribution in [0.3, 0.4) is 0 Å². The van der Waals surface area contributed by atoms with Crippen LogP contribution in [-0.4, -0.2) is 36.1 Å². The molecule has 24 heavy (non-hydrogen) atoms. The fourth-order valence-corrected chi connectivity index (χ4v) is 4.06. The van der Waals surface area contributed by atoms with Crippen molar-refractivity contribution in [2.45, 2.75) is 32.4 Å². The number of benzene rings is 1. The van der Waals surface area contributed by atoms with Crippen LogP contribution in [0, 0.1) is 6.92 Å². The van der Waals surface area contributed by atoms with Gasteiger partial charge in [0.2, 0.25) is 0 Å². The molecule has 2 heterocycles. The summed E-state index contributed by atoms with van der Waals surface area (Å²) in [5.41, 5.74) is 5.40. The third-order valence-corrected chi connectivity index (χ3v) is 5.28. The van der Waals surface area contributed by atoms with Gasteiger partial charge in [-0.2, -0.15) is 5.10 Å². The molecule has 0 unspecified atom stereocenters. The number of hydrogen-bond acceptors (Lipinski definition) is 4. The van der Waals surface area contributed by atoms with Crippen molar-refractivity contribution >= 4 is 5.82 Å². The molecule has 0 saturated carbocycles. The van der Waals surface area contributed by atoms with Crippen LogP contribution in [0.5, 0.6) is 0 Å². The van der Waals surface area contributed by atoms with Crippen molar-refractivity contribution in [2.75, 3.05) is 31.2 Å². The molecule has 1 aliphatic heterocycles. The molecule has 0 bridgehead atoms. The first-order valence-electron chi connectivity index (χ1n) is 8.90. The zero-order valence-electron chi connectivity index (χ0n) is 14.6. The van der Waals surface area contributed by atoms with Crippen LogP contribution in [0.2, 0.25) is 0 Å². The molecule has 0 spiro atoms. The number of fused-ring (bicyclic) bond motifs is 1. The number of aromatic nitrogens is 2. The first kappa shape index (κ1) is 15.7. The van der Waals surface area contributed by atoms with Crippen molar-refractivity contribution in [3.63, 3.8) is 0 Å². The lowest BCUT2D eigenvalue weighted by Gasteiger charge is -2.30. The van der Waals surface area contributed by atoms with Gasteiger partial charge < -0.3 is 15.0 Å². The van der Waals surface area contributed by atoms with Gasteiger partial charge in [-0.25, -0.2) is 0 Å². The van der Waals surface area contributed by atoms with E-state index >= 15 is 0 Å². The van der Waals surface area contributed by atoms with Crippen molar-refractivity contribution in [3.05, 3.63) is 46.6 Å². The predicted octanol–water partition coefficient (Wildman–Crippen LogP) is 2.34. The van der Waals surface area contributed by atoms with Gasteiger partial charge in [-0.05, 0) is 30.9 Å². The van der Waals surface area contributed by atoms with E-state index in [9.17, 15) is 0 Å². The summed E-state index contributed by atoms with van der Waals surface area (Å²) < 4.78 is 7.53. The normalized spacial score (nSPS) is 20.4. The molecule has 0 amide bonds. The minimum absolute atomic E-state index is 0.457. The Balaban J connectivity index is 1.53. The summed E-state index contributed by atoms with van der Waals surface area (Å²) >= 11 is 0. The molecule has 1 fully saturated rings. The zero-order valence-corrected chi connectivity index (χ0v) is 14.6. The summed E-state index contributed by atoms with van der Waals surface area (Å²) in [5.74, 6) is 1.24. The lowest BCUT2D eigenvalue weighted by atomic mass is 10.1. The van der Waals surface area contributed by atoms with Crippen LogP contribution in [-0.2, 0) is 24.8 Å².